The zero-order valence-electron chi connectivity index (χ0n) is 12.4. The number of rotatable bonds is 4. The van der Waals surface area contributed by atoms with Crippen LogP contribution in [0.5, 0.6) is 0 Å². The molecule has 0 atom stereocenters. The highest BCUT2D eigenvalue weighted by Crippen LogP contribution is 2.29. The highest BCUT2D eigenvalue weighted by Gasteiger charge is 2.09. The van der Waals surface area contributed by atoms with Gasteiger partial charge in [-0.15, -0.1) is 11.8 Å². The molecule has 0 spiro atoms. The van der Waals surface area contributed by atoms with Crippen molar-refractivity contribution in [2.45, 2.75) is 18.2 Å². The molecule has 0 radical (unpaired) electrons. The van der Waals surface area contributed by atoms with Gasteiger partial charge in [0, 0.05) is 4.90 Å². The topological polar surface area (TPSA) is 42.0 Å². The predicted molar refractivity (Wildman–Crippen MR) is 94.9 cm³/mol. The largest absolute Gasteiger partial charge is 0.302 e. The Morgan fingerprint density at radius 2 is 2.14 bits per heavy atom. The summed E-state index contributed by atoms with van der Waals surface area (Å²) < 4.78 is 1.10. The van der Waals surface area contributed by atoms with Gasteiger partial charge in [-0.2, -0.15) is 0 Å². The fourth-order valence-corrected chi connectivity index (χ4v) is 3.69. The summed E-state index contributed by atoms with van der Waals surface area (Å²) in [6, 6.07) is 14.1. The number of nitrogens with zero attached hydrogens (tertiary/aromatic N) is 1. The fraction of sp³-hybridized carbons (Fsp3) is 0.176. The number of aromatic nitrogens is 1. The minimum atomic E-state index is -0.0326. The van der Waals surface area contributed by atoms with Gasteiger partial charge in [0.1, 0.15) is 0 Å². The van der Waals surface area contributed by atoms with E-state index in [1.807, 2.05) is 49.6 Å². The van der Waals surface area contributed by atoms with Crippen LogP contribution in [0.2, 0.25) is 0 Å². The highest BCUT2D eigenvalue weighted by molar-refractivity contribution is 7.98. The molecule has 3 aromatic rings. The van der Waals surface area contributed by atoms with Crippen molar-refractivity contribution in [1.82, 2.24) is 4.98 Å². The molecule has 0 aliphatic rings. The Bertz CT molecular complexity index is 826. The third-order valence-electron chi connectivity index (χ3n) is 3.29. The van der Waals surface area contributed by atoms with Gasteiger partial charge < -0.3 is 5.32 Å². The average Bonchev–Trinajstić information content (AvgIpc) is 2.87. The monoisotopic (exact) mass is 328 g/mol. The molecule has 0 bridgehead atoms. The second kappa shape index (κ2) is 6.50. The van der Waals surface area contributed by atoms with Gasteiger partial charge in [-0.1, -0.05) is 41.2 Å². The van der Waals surface area contributed by atoms with Crippen LogP contribution in [-0.2, 0) is 11.2 Å². The van der Waals surface area contributed by atoms with Gasteiger partial charge in [0.05, 0.1) is 16.6 Å². The number of hydrogen-bond donors (Lipinski definition) is 1. The number of anilines is 1. The van der Waals surface area contributed by atoms with Gasteiger partial charge >= 0.3 is 0 Å². The van der Waals surface area contributed by atoms with Crippen molar-refractivity contribution in [3.63, 3.8) is 0 Å². The van der Waals surface area contributed by atoms with Gasteiger partial charge in [0.25, 0.3) is 0 Å². The van der Waals surface area contributed by atoms with Gasteiger partial charge in [0.15, 0.2) is 5.13 Å². The van der Waals surface area contributed by atoms with Gasteiger partial charge in [-0.25, -0.2) is 4.98 Å². The van der Waals surface area contributed by atoms with Crippen molar-refractivity contribution in [2.75, 3.05) is 11.6 Å². The lowest BCUT2D eigenvalue weighted by Crippen LogP contribution is -2.14. The van der Waals surface area contributed by atoms with E-state index in [1.54, 1.807) is 11.8 Å². The van der Waals surface area contributed by atoms with Crippen molar-refractivity contribution in [3.8, 4) is 0 Å². The molecular formula is C17H16N2OS2. The van der Waals surface area contributed by atoms with Gasteiger partial charge in [0.2, 0.25) is 5.91 Å². The number of nitrogens with one attached hydrogen (secondary N) is 1. The average molecular weight is 328 g/mol. The maximum atomic E-state index is 12.1. The van der Waals surface area contributed by atoms with Crippen LogP contribution < -0.4 is 5.32 Å². The Morgan fingerprint density at radius 3 is 2.91 bits per heavy atom. The molecule has 0 saturated heterocycles. The zero-order chi connectivity index (χ0) is 15.5. The van der Waals surface area contributed by atoms with E-state index in [2.05, 4.69) is 16.4 Å². The molecule has 3 rings (SSSR count). The van der Waals surface area contributed by atoms with E-state index in [4.69, 9.17) is 0 Å². The van der Waals surface area contributed by atoms with E-state index in [0.717, 1.165) is 21.3 Å². The lowest BCUT2D eigenvalue weighted by atomic mass is 10.1. The zero-order valence-corrected chi connectivity index (χ0v) is 14.1. The first-order chi connectivity index (χ1) is 10.6. The SMILES string of the molecule is CSc1ccc2nc(NC(=O)Cc3cccc(C)c3)sc2c1. The normalized spacial score (nSPS) is 10.8. The van der Waals surface area contributed by atoms with Crippen molar-refractivity contribution in [1.29, 1.82) is 0 Å². The number of amides is 1. The minimum Gasteiger partial charge on any atom is -0.302 e. The Hall–Kier alpha value is -1.85. The molecule has 22 heavy (non-hydrogen) atoms. The van der Waals surface area contributed by atoms with Crippen LogP contribution in [0.1, 0.15) is 11.1 Å². The molecule has 0 saturated carbocycles. The second-order valence-electron chi connectivity index (χ2n) is 5.07. The summed E-state index contributed by atoms with van der Waals surface area (Å²) in [6.45, 7) is 2.03. The summed E-state index contributed by atoms with van der Waals surface area (Å²) >= 11 is 3.21. The molecule has 1 amide bonds. The summed E-state index contributed by atoms with van der Waals surface area (Å²) in [5, 5.41) is 3.56. The standard InChI is InChI=1S/C17H16N2OS2/c1-11-4-3-5-12(8-11)9-16(20)19-17-18-14-7-6-13(21-2)10-15(14)22-17/h3-8,10H,9H2,1-2H3,(H,18,19,20). The van der Waals surface area contributed by atoms with Crippen LogP contribution in [0.15, 0.2) is 47.4 Å². The first-order valence-electron chi connectivity index (χ1n) is 6.94. The van der Waals surface area contributed by atoms with Crippen LogP contribution >= 0.6 is 23.1 Å². The number of thiazole rings is 1. The smallest absolute Gasteiger partial charge is 0.230 e. The number of benzene rings is 2. The van der Waals surface area contributed by atoms with E-state index >= 15 is 0 Å². The molecule has 0 unspecified atom stereocenters. The number of thioether (sulfide) groups is 1. The molecule has 3 nitrogen and oxygen atoms in total. The van der Waals surface area contributed by atoms with Crippen LogP contribution in [0.4, 0.5) is 5.13 Å². The molecule has 0 aliphatic heterocycles. The molecule has 0 fully saturated rings. The lowest BCUT2D eigenvalue weighted by Gasteiger charge is -2.02. The van der Waals surface area contributed by atoms with E-state index in [0.29, 0.717) is 11.6 Å². The van der Waals surface area contributed by atoms with Crippen molar-refractivity contribution in [2.24, 2.45) is 0 Å². The maximum absolute atomic E-state index is 12.1. The number of carbonyl (C=O) groups is 1. The summed E-state index contributed by atoms with van der Waals surface area (Å²) in [6.07, 6.45) is 2.42. The van der Waals surface area contributed by atoms with Gasteiger partial charge in [-0.3, -0.25) is 4.79 Å². The number of carbonyl (C=O) groups excluding carboxylic acids is 1. The number of aryl methyl sites for hydroxylation is 1. The summed E-state index contributed by atoms with van der Waals surface area (Å²) in [7, 11) is 0. The van der Waals surface area contributed by atoms with Crippen LogP contribution in [0.3, 0.4) is 0 Å². The third kappa shape index (κ3) is 3.48. The summed E-state index contributed by atoms with van der Waals surface area (Å²) in [5.74, 6) is -0.0326. The van der Waals surface area contributed by atoms with E-state index < -0.39 is 0 Å². The third-order valence-corrected chi connectivity index (χ3v) is 4.95. The van der Waals surface area contributed by atoms with Crippen LogP contribution in [-0.4, -0.2) is 17.1 Å². The minimum absolute atomic E-state index is 0.0326. The Kier molecular flexibility index (Phi) is 4.45. The quantitative estimate of drug-likeness (QED) is 0.717. The van der Waals surface area contributed by atoms with E-state index in [9.17, 15) is 4.79 Å². The van der Waals surface area contributed by atoms with E-state index in [-0.39, 0.29) is 5.91 Å². The van der Waals surface area contributed by atoms with Crippen molar-refractivity contribution < 1.29 is 4.79 Å². The maximum Gasteiger partial charge on any atom is 0.230 e. The summed E-state index contributed by atoms with van der Waals surface area (Å²) in [4.78, 5) is 17.8. The molecule has 2 aromatic carbocycles. The van der Waals surface area contributed by atoms with Crippen molar-refractivity contribution >= 4 is 44.4 Å². The predicted octanol–water partition coefficient (Wildman–Crippen LogP) is 4.51. The number of fused-ring (bicyclic) bond motifs is 1. The Balaban J connectivity index is 1.73. The lowest BCUT2D eigenvalue weighted by molar-refractivity contribution is -0.115. The van der Waals surface area contributed by atoms with Crippen molar-refractivity contribution in [3.05, 3.63) is 53.6 Å². The molecule has 5 heteroatoms. The number of hydrogen-bond acceptors (Lipinski definition) is 4. The first-order valence-corrected chi connectivity index (χ1v) is 8.98. The van der Waals surface area contributed by atoms with Crippen LogP contribution in [0.25, 0.3) is 10.2 Å². The molecule has 1 N–H and O–H groups in total. The van der Waals surface area contributed by atoms with Crippen LogP contribution in [0, 0.1) is 6.92 Å². The molecule has 112 valence electrons. The first kappa shape index (κ1) is 15.1. The molecule has 1 aromatic heterocycles. The van der Waals surface area contributed by atoms with Gasteiger partial charge in [-0.05, 0) is 36.9 Å². The molecule has 1 heterocycles. The van der Waals surface area contributed by atoms with E-state index in [1.165, 1.54) is 16.2 Å². The summed E-state index contributed by atoms with van der Waals surface area (Å²) in [5.41, 5.74) is 3.10. The molecule has 0 aliphatic carbocycles. The second-order valence-corrected chi connectivity index (χ2v) is 6.98. The Morgan fingerprint density at radius 1 is 1.27 bits per heavy atom. The fourth-order valence-electron chi connectivity index (χ4n) is 2.26. The highest BCUT2D eigenvalue weighted by atomic mass is 32.2. The Labute approximate surface area is 137 Å². The molecular weight excluding hydrogens is 312 g/mol.